The van der Waals surface area contributed by atoms with Gasteiger partial charge in [0.1, 0.15) is 5.75 Å². The van der Waals surface area contributed by atoms with Crippen molar-refractivity contribution in [3.63, 3.8) is 0 Å². The van der Waals surface area contributed by atoms with Crippen LogP contribution in [0.1, 0.15) is 16.1 Å². The van der Waals surface area contributed by atoms with Crippen LogP contribution in [0, 0.1) is 0 Å². The van der Waals surface area contributed by atoms with Crippen LogP contribution < -0.4 is 5.32 Å². The van der Waals surface area contributed by atoms with Gasteiger partial charge in [-0.3, -0.25) is 9.59 Å². The molecule has 22 heavy (non-hydrogen) atoms. The van der Waals surface area contributed by atoms with Crippen molar-refractivity contribution in [2.24, 2.45) is 4.99 Å². The third-order valence-corrected chi connectivity index (χ3v) is 5.02. The predicted octanol–water partition coefficient (Wildman–Crippen LogP) is 2.95. The van der Waals surface area contributed by atoms with Gasteiger partial charge < -0.3 is 10.4 Å². The number of amidine groups is 1. The van der Waals surface area contributed by atoms with Crippen LogP contribution in [0.15, 0.2) is 46.8 Å². The molecule has 1 unspecified atom stereocenters. The smallest absolute Gasteiger partial charge is 0.240 e. The summed E-state index contributed by atoms with van der Waals surface area (Å²) in [5.41, 5.74) is 0.630. The average Bonchev–Trinajstić information content (AvgIpc) is 3.12. The van der Waals surface area contributed by atoms with Crippen molar-refractivity contribution in [1.82, 2.24) is 5.32 Å². The molecule has 112 valence electrons. The van der Waals surface area contributed by atoms with Crippen molar-refractivity contribution < 1.29 is 14.7 Å². The van der Waals surface area contributed by atoms with Crippen molar-refractivity contribution in [3.05, 3.63) is 46.7 Å². The number of thioether (sulfide) groups is 1. The number of aliphatic imine (C=N–C) groups is 1. The molecular weight excluding hydrogens is 320 g/mol. The van der Waals surface area contributed by atoms with Crippen LogP contribution in [0.25, 0.3) is 0 Å². The average molecular weight is 332 g/mol. The lowest BCUT2D eigenvalue weighted by Gasteiger charge is -2.02. The molecule has 1 atom stereocenters. The number of phenolic OH excluding ortho intramolecular Hbond substituents is 1. The normalized spacial score (nSPS) is 19.4. The summed E-state index contributed by atoms with van der Waals surface area (Å²) in [4.78, 5) is 29.0. The van der Waals surface area contributed by atoms with Gasteiger partial charge in [0.25, 0.3) is 0 Å². The molecule has 0 aliphatic carbocycles. The number of ketones is 1. The van der Waals surface area contributed by atoms with Crippen molar-refractivity contribution in [2.45, 2.75) is 11.7 Å². The van der Waals surface area contributed by atoms with Crippen LogP contribution in [-0.4, -0.2) is 27.2 Å². The lowest BCUT2D eigenvalue weighted by Crippen LogP contribution is -2.26. The van der Waals surface area contributed by atoms with E-state index in [1.807, 2.05) is 11.4 Å². The summed E-state index contributed by atoms with van der Waals surface area (Å²) < 4.78 is 0. The van der Waals surface area contributed by atoms with E-state index in [-0.39, 0.29) is 23.9 Å². The summed E-state index contributed by atoms with van der Waals surface area (Å²) in [7, 11) is 0. The third-order valence-electron chi connectivity index (χ3n) is 3.02. The Morgan fingerprint density at radius 1 is 1.27 bits per heavy atom. The molecule has 0 spiro atoms. The van der Waals surface area contributed by atoms with Crippen LogP contribution in [-0.2, 0) is 4.79 Å². The van der Waals surface area contributed by atoms with Gasteiger partial charge in [-0.25, -0.2) is 4.99 Å². The number of carbonyl (C=O) groups excluding carboxylic acids is 2. The van der Waals surface area contributed by atoms with E-state index < -0.39 is 5.25 Å². The molecule has 5 nitrogen and oxygen atoms in total. The molecule has 0 radical (unpaired) electrons. The van der Waals surface area contributed by atoms with E-state index in [0.717, 1.165) is 0 Å². The number of nitrogens with one attached hydrogen (secondary N) is 1. The van der Waals surface area contributed by atoms with Gasteiger partial charge in [-0.15, -0.1) is 11.3 Å². The first-order chi connectivity index (χ1) is 10.6. The molecule has 1 aliphatic heterocycles. The maximum Gasteiger partial charge on any atom is 0.240 e. The van der Waals surface area contributed by atoms with Crippen LogP contribution in [0.5, 0.6) is 5.75 Å². The zero-order valence-electron chi connectivity index (χ0n) is 11.4. The van der Waals surface area contributed by atoms with Crippen LogP contribution >= 0.6 is 23.1 Å². The number of benzene rings is 1. The van der Waals surface area contributed by atoms with Crippen molar-refractivity contribution in [3.8, 4) is 5.75 Å². The highest BCUT2D eigenvalue weighted by Crippen LogP contribution is 2.27. The maximum absolute atomic E-state index is 12.1. The first-order valence-corrected chi connectivity index (χ1v) is 8.30. The van der Waals surface area contributed by atoms with Crippen LogP contribution in [0.4, 0.5) is 5.69 Å². The SMILES string of the molecule is O=C(CC1SC(=Nc2ccc(O)cc2)NC1=O)c1cccs1. The highest BCUT2D eigenvalue weighted by molar-refractivity contribution is 8.15. The van der Waals surface area contributed by atoms with Crippen LogP contribution in [0.2, 0.25) is 0 Å². The Kier molecular flexibility index (Phi) is 4.26. The van der Waals surface area contributed by atoms with Gasteiger partial charge in [-0.1, -0.05) is 17.8 Å². The fraction of sp³-hybridized carbons (Fsp3) is 0.133. The summed E-state index contributed by atoms with van der Waals surface area (Å²) in [6.07, 6.45) is 0.158. The van der Waals surface area contributed by atoms with E-state index >= 15 is 0 Å². The number of thiophene rings is 1. The monoisotopic (exact) mass is 332 g/mol. The van der Waals surface area contributed by atoms with Gasteiger partial charge in [0.05, 0.1) is 15.8 Å². The first-order valence-electron chi connectivity index (χ1n) is 6.54. The van der Waals surface area contributed by atoms with Gasteiger partial charge in [0.15, 0.2) is 11.0 Å². The van der Waals surface area contributed by atoms with Gasteiger partial charge >= 0.3 is 0 Å². The molecule has 1 aliphatic rings. The Hall–Kier alpha value is -2.12. The van der Waals surface area contributed by atoms with Crippen molar-refractivity contribution in [1.29, 1.82) is 0 Å². The lowest BCUT2D eigenvalue weighted by molar-refractivity contribution is -0.118. The molecule has 7 heteroatoms. The van der Waals surface area contributed by atoms with Gasteiger partial charge in [0, 0.05) is 6.42 Å². The lowest BCUT2D eigenvalue weighted by atomic mass is 10.2. The molecular formula is C15H12N2O3S2. The number of Topliss-reactive ketones (excluding diaryl/α,β-unsaturated/α-hetero) is 1. The van der Waals surface area contributed by atoms with E-state index in [1.165, 1.54) is 35.2 Å². The second-order valence-corrected chi connectivity index (χ2v) is 6.77. The second kappa shape index (κ2) is 6.33. The Morgan fingerprint density at radius 2 is 2.05 bits per heavy atom. The summed E-state index contributed by atoms with van der Waals surface area (Å²) >= 11 is 2.63. The Labute approximate surface area is 135 Å². The van der Waals surface area contributed by atoms with Gasteiger partial charge in [0.2, 0.25) is 5.91 Å². The number of phenols is 1. The molecule has 2 aromatic rings. The number of amides is 1. The Bertz CT molecular complexity index is 724. The molecule has 1 aromatic carbocycles. The molecule has 2 heterocycles. The van der Waals surface area contributed by atoms with E-state index in [2.05, 4.69) is 10.3 Å². The topological polar surface area (TPSA) is 78.8 Å². The quantitative estimate of drug-likeness (QED) is 0.844. The molecule has 1 amide bonds. The number of hydrogen-bond acceptors (Lipinski definition) is 6. The molecule has 3 rings (SSSR count). The molecule has 1 fully saturated rings. The maximum atomic E-state index is 12.1. The highest BCUT2D eigenvalue weighted by atomic mass is 32.2. The highest BCUT2D eigenvalue weighted by Gasteiger charge is 2.32. The van der Waals surface area contributed by atoms with Gasteiger partial charge in [-0.05, 0) is 35.7 Å². The summed E-state index contributed by atoms with van der Waals surface area (Å²) in [6, 6.07) is 9.93. The molecule has 0 saturated carbocycles. The fourth-order valence-electron chi connectivity index (χ4n) is 1.94. The summed E-state index contributed by atoms with van der Waals surface area (Å²) in [5.74, 6) is -0.0764. The molecule has 0 bridgehead atoms. The minimum absolute atomic E-state index is 0.0338. The largest absolute Gasteiger partial charge is 0.508 e. The fourth-order valence-corrected chi connectivity index (χ4v) is 3.61. The molecule has 1 aromatic heterocycles. The standard InChI is InChI=1S/C15H12N2O3S2/c18-10-5-3-9(4-6-10)16-15-17-14(20)13(22-15)8-11(19)12-2-1-7-21-12/h1-7,13,18H,8H2,(H,16,17,20). The van der Waals surface area contributed by atoms with Gasteiger partial charge in [-0.2, -0.15) is 0 Å². The zero-order valence-corrected chi connectivity index (χ0v) is 13.0. The third kappa shape index (κ3) is 3.37. The summed E-state index contributed by atoms with van der Waals surface area (Å²) in [6.45, 7) is 0. The first kappa shape index (κ1) is 14.8. The number of aromatic hydroxyl groups is 1. The van der Waals surface area contributed by atoms with Crippen molar-refractivity contribution in [2.75, 3.05) is 0 Å². The Balaban J connectivity index is 1.68. The van der Waals surface area contributed by atoms with E-state index in [9.17, 15) is 14.7 Å². The van der Waals surface area contributed by atoms with Crippen LogP contribution in [0.3, 0.4) is 0 Å². The van der Waals surface area contributed by atoms with Crippen molar-refractivity contribution >= 4 is 45.6 Å². The predicted molar refractivity (Wildman–Crippen MR) is 88.0 cm³/mol. The zero-order chi connectivity index (χ0) is 15.5. The minimum Gasteiger partial charge on any atom is -0.508 e. The number of rotatable bonds is 4. The molecule has 2 N–H and O–H groups in total. The number of carbonyl (C=O) groups is 2. The number of hydrogen-bond donors (Lipinski definition) is 2. The van der Waals surface area contributed by atoms with E-state index in [4.69, 9.17) is 0 Å². The second-order valence-electron chi connectivity index (χ2n) is 4.63. The van der Waals surface area contributed by atoms with E-state index in [1.54, 1.807) is 18.2 Å². The summed E-state index contributed by atoms with van der Waals surface area (Å²) in [5, 5.41) is 13.8. The van der Waals surface area contributed by atoms with E-state index in [0.29, 0.717) is 15.7 Å². The Morgan fingerprint density at radius 3 is 2.73 bits per heavy atom. The molecule has 1 saturated heterocycles. The minimum atomic E-state index is -0.453. The number of nitrogens with zero attached hydrogens (tertiary/aromatic N) is 1.